The Hall–Kier alpha value is -2.00. The second kappa shape index (κ2) is 6.84. The average molecular weight is 297 g/mol. The molecule has 2 aromatic carbocycles. The summed E-state index contributed by atoms with van der Waals surface area (Å²) in [4.78, 5) is 0. The molecule has 116 valence electrons. The first kappa shape index (κ1) is 14.9. The monoisotopic (exact) mass is 297 g/mol. The molecule has 0 amide bonds. The number of fused-ring (bicyclic) bond motifs is 1. The van der Waals surface area contributed by atoms with Gasteiger partial charge in [0.15, 0.2) is 11.5 Å². The zero-order valence-electron chi connectivity index (χ0n) is 13.3. The molecule has 1 aliphatic rings. The van der Waals surface area contributed by atoms with Crippen molar-refractivity contribution in [3.63, 3.8) is 0 Å². The lowest BCUT2D eigenvalue weighted by atomic mass is 9.94. The van der Waals surface area contributed by atoms with Gasteiger partial charge in [0.2, 0.25) is 0 Å². The minimum atomic E-state index is 0.558. The number of benzene rings is 2. The number of nitrogens with one attached hydrogen (secondary N) is 1. The van der Waals surface area contributed by atoms with E-state index >= 15 is 0 Å². The number of rotatable bonds is 5. The van der Waals surface area contributed by atoms with Crippen LogP contribution in [0.5, 0.6) is 11.5 Å². The molecule has 1 aliphatic heterocycles. The maximum Gasteiger partial charge on any atom is 0.161 e. The highest BCUT2D eigenvalue weighted by Gasteiger charge is 2.19. The third-order valence-electron chi connectivity index (χ3n) is 4.26. The van der Waals surface area contributed by atoms with Gasteiger partial charge in [0.25, 0.3) is 0 Å². The molecule has 0 saturated heterocycles. The van der Waals surface area contributed by atoms with E-state index in [9.17, 15) is 0 Å². The van der Waals surface area contributed by atoms with Crippen LogP contribution in [0.4, 0.5) is 0 Å². The molecule has 3 heteroatoms. The largest absolute Gasteiger partial charge is 0.493 e. The van der Waals surface area contributed by atoms with Crippen LogP contribution < -0.4 is 14.8 Å². The fourth-order valence-electron chi connectivity index (χ4n) is 2.89. The zero-order valence-corrected chi connectivity index (χ0v) is 13.3. The molecule has 0 saturated carbocycles. The quantitative estimate of drug-likeness (QED) is 0.913. The Bertz CT molecular complexity index is 625. The molecule has 3 nitrogen and oxygen atoms in total. The highest BCUT2D eigenvalue weighted by molar-refractivity contribution is 5.48. The van der Waals surface area contributed by atoms with E-state index in [0.717, 1.165) is 36.4 Å². The Labute approximate surface area is 132 Å². The highest BCUT2D eigenvalue weighted by Crippen LogP contribution is 2.33. The van der Waals surface area contributed by atoms with Gasteiger partial charge in [0.05, 0.1) is 7.11 Å². The summed E-state index contributed by atoms with van der Waals surface area (Å²) < 4.78 is 11.5. The Morgan fingerprint density at radius 2 is 1.86 bits per heavy atom. The zero-order chi connectivity index (χ0) is 15.4. The van der Waals surface area contributed by atoms with Gasteiger partial charge >= 0.3 is 0 Å². The van der Waals surface area contributed by atoms with Crippen molar-refractivity contribution < 1.29 is 9.47 Å². The van der Waals surface area contributed by atoms with Crippen LogP contribution in [0.1, 0.15) is 30.0 Å². The summed E-state index contributed by atoms with van der Waals surface area (Å²) in [5, 5.41) is 3.56. The molecule has 1 atom stereocenters. The van der Waals surface area contributed by atoms with Crippen LogP contribution in [0.15, 0.2) is 42.5 Å². The topological polar surface area (TPSA) is 30.5 Å². The van der Waals surface area contributed by atoms with E-state index in [-0.39, 0.29) is 0 Å². The first-order valence-corrected chi connectivity index (χ1v) is 7.90. The van der Waals surface area contributed by atoms with Gasteiger partial charge in [-0.05, 0) is 41.7 Å². The van der Waals surface area contributed by atoms with Crippen LogP contribution in [0.3, 0.4) is 0 Å². The lowest BCUT2D eigenvalue weighted by molar-refractivity contribution is 0.283. The van der Waals surface area contributed by atoms with Crippen molar-refractivity contribution in [1.82, 2.24) is 5.32 Å². The maximum absolute atomic E-state index is 6.00. The van der Waals surface area contributed by atoms with Crippen molar-refractivity contribution in [3.8, 4) is 11.5 Å². The average Bonchev–Trinajstić information content (AvgIpc) is 2.59. The number of ether oxygens (including phenoxy) is 2. The minimum absolute atomic E-state index is 0.558. The number of hydrogen-bond donors (Lipinski definition) is 1. The standard InChI is InChI=1S/C19H23NO2/c1-3-17-9-15-10-19(18(21-2)11-16(15)12-20-17)22-13-14-7-5-4-6-8-14/h4-8,10-11,17,20H,3,9,12-13H2,1-2H3. The molecule has 0 bridgehead atoms. The van der Waals surface area contributed by atoms with E-state index in [0.29, 0.717) is 12.6 Å². The summed E-state index contributed by atoms with van der Waals surface area (Å²) in [6, 6.07) is 15.0. The van der Waals surface area contributed by atoms with Crippen LogP contribution in [0, 0.1) is 0 Å². The van der Waals surface area contributed by atoms with Gasteiger partial charge < -0.3 is 14.8 Å². The lowest BCUT2D eigenvalue weighted by Crippen LogP contribution is -2.34. The van der Waals surface area contributed by atoms with Gasteiger partial charge in [-0.25, -0.2) is 0 Å². The van der Waals surface area contributed by atoms with Crippen molar-refractivity contribution in [1.29, 1.82) is 0 Å². The van der Waals surface area contributed by atoms with E-state index in [1.165, 1.54) is 11.1 Å². The van der Waals surface area contributed by atoms with E-state index in [1.54, 1.807) is 7.11 Å². The molecule has 3 rings (SSSR count). The van der Waals surface area contributed by atoms with Crippen molar-refractivity contribution in [3.05, 3.63) is 59.2 Å². The Morgan fingerprint density at radius 1 is 1.09 bits per heavy atom. The van der Waals surface area contributed by atoms with Gasteiger partial charge in [-0.3, -0.25) is 0 Å². The summed E-state index contributed by atoms with van der Waals surface area (Å²) >= 11 is 0. The van der Waals surface area contributed by atoms with E-state index in [1.807, 2.05) is 18.2 Å². The van der Waals surface area contributed by atoms with Crippen LogP contribution >= 0.6 is 0 Å². The first-order chi connectivity index (χ1) is 10.8. The predicted octanol–water partition coefficient (Wildman–Crippen LogP) is 3.70. The molecule has 1 heterocycles. The van der Waals surface area contributed by atoms with Crippen LogP contribution in [-0.2, 0) is 19.6 Å². The smallest absolute Gasteiger partial charge is 0.161 e. The summed E-state index contributed by atoms with van der Waals surface area (Å²) in [5.41, 5.74) is 3.85. The molecule has 1 unspecified atom stereocenters. The lowest BCUT2D eigenvalue weighted by Gasteiger charge is -2.26. The molecule has 0 spiro atoms. The fourth-order valence-corrected chi connectivity index (χ4v) is 2.89. The number of hydrogen-bond acceptors (Lipinski definition) is 3. The van der Waals surface area contributed by atoms with Gasteiger partial charge in [-0.2, -0.15) is 0 Å². The molecule has 0 aromatic heterocycles. The molecule has 0 radical (unpaired) electrons. The molecule has 0 fully saturated rings. The normalized spacial score (nSPS) is 16.9. The van der Waals surface area contributed by atoms with Crippen molar-refractivity contribution in [2.24, 2.45) is 0 Å². The van der Waals surface area contributed by atoms with E-state index in [2.05, 4.69) is 36.5 Å². The molecular weight excluding hydrogens is 274 g/mol. The number of methoxy groups -OCH3 is 1. The molecule has 0 aliphatic carbocycles. The van der Waals surface area contributed by atoms with Crippen LogP contribution in [0.2, 0.25) is 0 Å². The van der Waals surface area contributed by atoms with Crippen molar-refractivity contribution in [2.45, 2.75) is 39.0 Å². The van der Waals surface area contributed by atoms with Crippen molar-refractivity contribution >= 4 is 0 Å². The SMILES string of the molecule is CCC1Cc2cc(OCc3ccccc3)c(OC)cc2CN1. The van der Waals surface area contributed by atoms with Gasteiger partial charge in [0, 0.05) is 12.6 Å². The predicted molar refractivity (Wildman–Crippen MR) is 88.4 cm³/mol. The molecule has 2 aromatic rings. The molecular formula is C19H23NO2. The minimum Gasteiger partial charge on any atom is -0.493 e. The Balaban J connectivity index is 1.80. The van der Waals surface area contributed by atoms with Gasteiger partial charge in [0.1, 0.15) is 6.61 Å². The highest BCUT2D eigenvalue weighted by atomic mass is 16.5. The van der Waals surface area contributed by atoms with Gasteiger partial charge in [-0.1, -0.05) is 37.3 Å². The summed E-state index contributed by atoms with van der Waals surface area (Å²) in [6.45, 7) is 3.69. The van der Waals surface area contributed by atoms with Crippen molar-refractivity contribution in [2.75, 3.05) is 7.11 Å². The second-order valence-corrected chi connectivity index (χ2v) is 5.74. The van der Waals surface area contributed by atoms with Gasteiger partial charge in [-0.15, -0.1) is 0 Å². The fraction of sp³-hybridized carbons (Fsp3) is 0.368. The summed E-state index contributed by atoms with van der Waals surface area (Å²) in [5.74, 6) is 1.65. The first-order valence-electron chi connectivity index (χ1n) is 7.90. The third-order valence-corrected chi connectivity index (χ3v) is 4.26. The maximum atomic E-state index is 6.00. The summed E-state index contributed by atoms with van der Waals surface area (Å²) in [6.07, 6.45) is 2.20. The van der Waals surface area contributed by atoms with E-state index < -0.39 is 0 Å². The molecule has 1 N–H and O–H groups in total. The summed E-state index contributed by atoms with van der Waals surface area (Å²) in [7, 11) is 1.70. The third kappa shape index (κ3) is 3.25. The molecule has 22 heavy (non-hydrogen) atoms. The van der Waals surface area contributed by atoms with Crippen LogP contribution in [-0.4, -0.2) is 13.2 Å². The second-order valence-electron chi connectivity index (χ2n) is 5.74. The Morgan fingerprint density at radius 3 is 2.59 bits per heavy atom. The Kier molecular flexibility index (Phi) is 4.64. The van der Waals surface area contributed by atoms with Crippen LogP contribution in [0.25, 0.3) is 0 Å². The van der Waals surface area contributed by atoms with E-state index in [4.69, 9.17) is 9.47 Å².